The molecule has 0 aromatic heterocycles. The molecule has 0 saturated carbocycles. The average Bonchev–Trinajstić information content (AvgIpc) is 2.90. The largest absolute Gasteiger partial charge is 0.482 e. The van der Waals surface area contributed by atoms with Crippen LogP contribution in [0.5, 0.6) is 5.75 Å². The van der Waals surface area contributed by atoms with Crippen LogP contribution in [0.2, 0.25) is 0 Å². The summed E-state index contributed by atoms with van der Waals surface area (Å²) in [5.41, 5.74) is 6.71. The lowest BCUT2D eigenvalue weighted by molar-refractivity contribution is -0.132. The number of anilines is 1. The first-order chi connectivity index (χ1) is 9.08. The van der Waals surface area contributed by atoms with Crippen molar-refractivity contribution in [3.8, 4) is 5.75 Å². The number of likely N-dealkylation sites (tertiary alicyclic amines) is 1. The van der Waals surface area contributed by atoms with E-state index in [0.717, 1.165) is 25.9 Å². The Balaban J connectivity index is 1.95. The van der Waals surface area contributed by atoms with E-state index < -0.39 is 0 Å². The van der Waals surface area contributed by atoms with E-state index in [1.165, 1.54) is 6.92 Å². The number of benzene rings is 1. The third kappa shape index (κ3) is 3.24. The Morgan fingerprint density at radius 3 is 2.58 bits per heavy atom. The predicted octanol–water partition coefficient (Wildman–Crippen LogP) is 1.47. The zero-order valence-corrected chi connectivity index (χ0v) is 11.0. The van der Waals surface area contributed by atoms with Gasteiger partial charge < -0.3 is 15.4 Å². The van der Waals surface area contributed by atoms with Gasteiger partial charge in [-0.3, -0.25) is 9.59 Å². The Hall–Kier alpha value is -2.04. The molecular formula is C14H18N2O3. The zero-order valence-electron chi connectivity index (χ0n) is 11.0. The number of hydrogen-bond donors (Lipinski definition) is 1. The van der Waals surface area contributed by atoms with Gasteiger partial charge in [0.05, 0.1) is 5.69 Å². The van der Waals surface area contributed by atoms with Gasteiger partial charge >= 0.3 is 0 Å². The number of rotatable bonds is 4. The van der Waals surface area contributed by atoms with Crippen molar-refractivity contribution in [1.82, 2.24) is 4.90 Å². The molecule has 19 heavy (non-hydrogen) atoms. The van der Waals surface area contributed by atoms with E-state index in [0.29, 0.717) is 17.0 Å². The second kappa shape index (κ2) is 5.73. The van der Waals surface area contributed by atoms with Crippen molar-refractivity contribution in [3.63, 3.8) is 0 Å². The maximum atomic E-state index is 11.8. The number of nitrogens with zero attached hydrogens (tertiary/aromatic N) is 1. The molecule has 1 aromatic carbocycles. The average molecular weight is 262 g/mol. The number of carbonyl (C=O) groups excluding carboxylic acids is 2. The van der Waals surface area contributed by atoms with Crippen LogP contribution in [-0.2, 0) is 4.79 Å². The molecule has 1 amide bonds. The van der Waals surface area contributed by atoms with Crippen LogP contribution >= 0.6 is 0 Å². The molecule has 0 spiro atoms. The van der Waals surface area contributed by atoms with E-state index in [2.05, 4.69) is 0 Å². The summed E-state index contributed by atoms with van der Waals surface area (Å²) in [4.78, 5) is 24.8. The van der Waals surface area contributed by atoms with Gasteiger partial charge in [0.25, 0.3) is 5.91 Å². The summed E-state index contributed by atoms with van der Waals surface area (Å²) >= 11 is 0. The van der Waals surface area contributed by atoms with Crippen LogP contribution in [0.4, 0.5) is 5.69 Å². The maximum Gasteiger partial charge on any atom is 0.260 e. The van der Waals surface area contributed by atoms with E-state index >= 15 is 0 Å². The van der Waals surface area contributed by atoms with Crippen molar-refractivity contribution in [1.29, 1.82) is 0 Å². The Morgan fingerprint density at radius 1 is 1.32 bits per heavy atom. The van der Waals surface area contributed by atoms with E-state index in [1.807, 2.05) is 0 Å². The minimum atomic E-state index is -0.0496. The number of carbonyl (C=O) groups is 2. The van der Waals surface area contributed by atoms with Crippen molar-refractivity contribution in [3.05, 3.63) is 23.8 Å². The number of amides is 1. The Bertz CT molecular complexity index is 493. The molecule has 0 aliphatic carbocycles. The zero-order chi connectivity index (χ0) is 13.8. The van der Waals surface area contributed by atoms with E-state index in [1.54, 1.807) is 23.1 Å². The highest BCUT2D eigenvalue weighted by Crippen LogP contribution is 2.23. The molecule has 1 saturated heterocycles. The first-order valence-electron chi connectivity index (χ1n) is 6.39. The molecule has 0 unspecified atom stereocenters. The van der Waals surface area contributed by atoms with Gasteiger partial charge in [-0.1, -0.05) is 0 Å². The summed E-state index contributed by atoms with van der Waals surface area (Å²) in [5.74, 6) is 0.372. The fourth-order valence-corrected chi connectivity index (χ4v) is 2.10. The second-order valence-corrected chi connectivity index (χ2v) is 4.69. The van der Waals surface area contributed by atoms with Gasteiger partial charge in [-0.15, -0.1) is 0 Å². The number of nitrogen functional groups attached to an aromatic ring is 1. The first-order valence-corrected chi connectivity index (χ1v) is 6.39. The number of ether oxygens (including phenoxy) is 1. The van der Waals surface area contributed by atoms with Crippen LogP contribution in [0.25, 0.3) is 0 Å². The van der Waals surface area contributed by atoms with Crippen LogP contribution in [0.1, 0.15) is 30.1 Å². The SMILES string of the molecule is CC(=O)c1ccc(OCC(=O)N2CCCC2)c(N)c1. The van der Waals surface area contributed by atoms with Crippen molar-refractivity contribution < 1.29 is 14.3 Å². The molecule has 1 aliphatic rings. The minimum absolute atomic E-state index is 0.0103. The van der Waals surface area contributed by atoms with Gasteiger partial charge in [-0.25, -0.2) is 0 Å². The van der Waals surface area contributed by atoms with Crippen molar-refractivity contribution in [2.75, 3.05) is 25.4 Å². The van der Waals surface area contributed by atoms with Gasteiger partial charge in [-0.2, -0.15) is 0 Å². The monoisotopic (exact) mass is 262 g/mol. The summed E-state index contributed by atoms with van der Waals surface area (Å²) in [6.07, 6.45) is 2.11. The highest BCUT2D eigenvalue weighted by molar-refractivity contribution is 5.95. The Kier molecular flexibility index (Phi) is 4.04. The standard InChI is InChI=1S/C14H18N2O3/c1-10(17)11-4-5-13(12(15)8-11)19-9-14(18)16-6-2-3-7-16/h4-5,8H,2-3,6-7,9,15H2,1H3. The smallest absolute Gasteiger partial charge is 0.260 e. The molecule has 2 N–H and O–H groups in total. The third-order valence-electron chi connectivity index (χ3n) is 3.23. The quantitative estimate of drug-likeness (QED) is 0.659. The fourth-order valence-electron chi connectivity index (χ4n) is 2.10. The summed E-state index contributed by atoms with van der Waals surface area (Å²) < 4.78 is 5.42. The Morgan fingerprint density at radius 2 is 2.00 bits per heavy atom. The normalized spacial score (nSPS) is 14.5. The van der Waals surface area contributed by atoms with Gasteiger partial charge in [0.2, 0.25) is 0 Å². The Labute approximate surface area is 112 Å². The number of Topliss-reactive ketones (excluding diaryl/α,β-unsaturated/α-hetero) is 1. The molecule has 0 bridgehead atoms. The summed E-state index contributed by atoms with van der Waals surface area (Å²) in [6.45, 7) is 3.08. The minimum Gasteiger partial charge on any atom is -0.482 e. The lowest BCUT2D eigenvalue weighted by Crippen LogP contribution is -2.32. The van der Waals surface area contributed by atoms with Crippen LogP contribution < -0.4 is 10.5 Å². The second-order valence-electron chi connectivity index (χ2n) is 4.69. The van der Waals surface area contributed by atoms with Crippen LogP contribution in [-0.4, -0.2) is 36.3 Å². The molecule has 5 nitrogen and oxygen atoms in total. The van der Waals surface area contributed by atoms with Crippen molar-refractivity contribution >= 4 is 17.4 Å². The molecule has 102 valence electrons. The molecular weight excluding hydrogens is 244 g/mol. The van der Waals surface area contributed by atoms with Gasteiger partial charge in [-0.05, 0) is 38.0 Å². The van der Waals surface area contributed by atoms with E-state index in [9.17, 15) is 9.59 Å². The molecule has 1 aromatic rings. The fraction of sp³-hybridized carbons (Fsp3) is 0.429. The van der Waals surface area contributed by atoms with Crippen molar-refractivity contribution in [2.24, 2.45) is 0 Å². The van der Waals surface area contributed by atoms with E-state index in [4.69, 9.17) is 10.5 Å². The predicted molar refractivity (Wildman–Crippen MR) is 72.2 cm³/mol. The van der Waals surface area contributed by atoms with Crippen LogP contribution in [0, 0.1) is 0 Å². The van der Waals surface area contributed by atoms with Gasteiger partial charge in [0.15, 0.2) is 12.4 Å². The first kappa shape index (κ1) is 13.4. The summed E-state index contributed by atoms with van der Waals surface area (Å²) in [5, 5.41) is 0. The van der Waals surface area contributed by atoms with Crippen LogP contribution in [0.15, 0.2) is 18.2 Å². The molecule has 1 fully saturated rings. The highest BCUT2D eigenvalue weighted by Gasteiger charge is 2.18. The molecule has 0 atom stereocenters. The lowest BCUT2D eigenvalue weighted by Gasteiger charge is -2.16. The maximum absolute atomic E-state index is 11.8. The number of ketones is 1. The van der Waals surface area contributed by atoms with E-state index in [-0.39, 0.29) is 18.3 Å². The lowest BCUT2D eigenvalue weighted by atomic mass is 10.1. The summed E-state index contributed by atoms with van der Waals surface area (Å²) in [7, 11) is 0. The molecule has 5 heteroatoms. The highest BCUT2D eigenvalue weighted by atomic mass is 16.5. The molecule has 0 radical (unpaired) electrons. The third-order valence-corrected chi connectivity index (χ3v) is 3.23. The van der Waals surface area contributed by atoms with Crippen LogP contribution in [0.3, 0.4) is 0 Å². The topological polar surface area (TPSA) is 72.6 Å². The summed E-state index contributed by atoms with van der Waals surface area (Å²) in [6, 6.07) is 4.84. The molecule has 2 rings (SSSR count). The molecule has 1 heterocycles. The van der Waals surface area contributed by atoms with Crippen molar-refractivity contribution in [2.45, 2.75) is 19.8 Å². The van der Waals surface area contributed by atoms with Gasteiger partial charge in [0, 0.05) is 18.7 Å². The number of nitrogens with two attached hydrogens (primary N) is 1. The number of hydrogen-bond acceptors (Lipinski definition) is 4. The molecule has 1 aliphatic heterocycles. The van der Waals surface area contributed by atoms with Gasteiger partial charge in [0.1, 0.15) is 5.75 Å².